The molecule has 1 N–H and O–H groups in total. The molecule has 0 aromatic heterocycles. The minimum atomic E-state index is -0.971. The van der Waals surface area contributed by atoms with E-state index in [4.69, 9.17) is 16.7 Å². The fraction of sp³-hybridized carbons (Fsp3) is 0.571. The van der Waals surface area contributed by atoms with E-state index in [2.05, 4.69) is 0 Å². The Morgan fingerprint density at radius 1 is 1.70 bits per heavy atom. The van der Waals surface area contributed by atoms with Crippen molar-refractivity contribution in [3.63, 3.8) is 0 Å². The Labute approximate surface area is 65.5 Å². The smallest absolute Gasteiger partial charge is 0.329 e. The lowest BCUT2D eigenvalue weighted by atomic mass is 10.2. The fourth-order valence-corrected chi connectivity index (χ4v) is 0.779. The molecule has 10 heavy (non-hydrogen) atoms. The third-order valence-electron chi connectivity index (χ3n) is 1.05. The molecule has 0 aromatic rings. The summed E-state index contributed by atoms with van der Waals surface area (Å²) in [7, 11) is 0. The molecule has 0 aliphatic carbocycles. The van der Waals surface area contributed by atoms with Gasteiger partial charge in [0, 0.05) is 11.1 Å². The van der Waals surface area contributed by atoms with Crippen LogP contribution in [-0.4, -0.2) is 11.1 Å². The molecule has 58 valence electrons. The molecule has 0 saturated heterocycles. The zero-order chi connectivity index (χ0) is 7.98. The highest BCUT2D eigenvalue weighted by Gasteiger charge is 1.94. The van der Waals surface area contributed by atoms with Gasteiger partial charge in [-0.05, 0) is 12.8 Å². The summed E-state index contributed by atoms with van der Waals surface area (Å²) in [5.41, 5.74) is 0. The van der Waals surface area contributed by atoms with E-state index in [9.17, 15) is 4.79 Å². The molecule has 3 heteroatoms. The quantitative estimate of drug-likeness (QED) is 0.645. The molecule has 0 aromatic carbocycles. The number of unbranched alkanes of at least 4 members (excludes halogenated alkanes) is 1. The van der Waals surface area contributed by atoms with Crippen molar-refractivity contribution in [2.75, 3.05) is 0 Å². The molecule has 0 spiro atoms. The third-order valence-corrected chi connectivity index (χ3v) is 1.35. The predicted octanol–water partition coefficient (Wildman–Crippen LogP) is 2.38. The average Bonchev–Trinajstić information content (AvgIpc) is 1.82. The molecular formula is C7H11ClO2. The summed E-state index contributed by atoms with van der Waals surface area (Å²) in [5, 5.41) is 8.65. The number of carboxylic acids is 1. The zero-order valence-corrected chi connectivity index (χ0v) is 6.69. The summed E-state index contributed by atoms with van der Waals surface area (Å²) < 4.78 is 0. The van der Waals surface area contributed by atoms with Gasteiger partial charge in [0.1, 0.15) is 0 Å². The lowest BCUT2D eigenvalue weighted by Crippen LogP contribution is -1.88. The molecule has 0 unspecified atom stereocenters. The van der Waals surface area contributed by atoms with Crippen LogP contribution < -0.4 is 0 Å². The van der Waals surface area contributed by atoms with Crippen LogP contribution in [0, 0.1) is 0 Å². The summed E-state index contributed by atoms with van der Waals surface area (Å²) in [5.74, 6) is -0.971. The fourth-order valence-electron chi connectivity index (χ4n) is 0.552. The van der Waals surface area contributed by atoms with Gasteiger partial charge in [0.25, 0.3) is 0 Å². The predicted molar refractivity (Wildman–Crippen MR) is 41.1 cm³/mol. The van der Waals surface area contributed by atoms with Crippen molar-refractivity contribution in [1.29, 1.82) is 0 Å². The van der Waals surface area contributed by atoms with Crippen LogP contribution in [0.15, 0.2) is 11.1 Å². The number of hydrogen-bond donors (Lipinski definition) is 1. The second-order valence-electron chi connectivity index (χ2n) is 2.03. The standard InChI is InChI=1S/C7H11ClO2/c1-2-3-4-6(8)5-7(9)10/h5H,2-4H2,1H3,(H,9,10)/b6-5+. The third kappa shape index (κ3) is 5.63. The Hall–Kier alpha value is -0.500. The summed E-state index contributed by atoms with van der Waals surface area (Å²) in [6.07, 6.45) is 3.69. The van der Waals surface area contributed by atoms with Gasteiger partial charge in [-0.3, -0.25) is 0 Å². The van der Waals surface area contributed by atoms with Crippen LogP contribution in [-0.2, 0) is 4.79 Å². The van der Waals surface area contributed by atoms with E-state index < -0.39 is 5.97 Å². The van der Waals surface area contributed by atoms with Crippen molar-refractivity contribution in [3.8, 4) is 0 Å². The normalized spacial score (nSPS) is 11.6. The Balaban J connectivity index is 3.60. The van der Waals surface area contributed by atoms with Gasteiger partial charge in [0.2, 0.25) is 0 Å². The van der Waals surface area contributed by atoms with Gasteiger partial charge in [0.15, 0.2) is 0 Å². The van der Waals surface area contributed by atoms with Gasteiger partial charge in [-0.15, -0.1) is 0 Å². The highest BCUT2D eigenvalue weighted by Crippen LogP contribution is 2.10. The van der Waals surface area contributed by atoms with Gasteiger partial charge < -0.3 is 5.11 Å². The molecule has 0 amide bonds. The van der Waals surface area contributed by atoms with Crippen LogP contribution in [0.1, 0.15) is 26.2 Å². The van der Waals surface area contributed by atoms with E-state index in [0.717, 1.165) is 18.9 Å². The second kappa shape index (κ2) is 5.30. The molecule has 0 rings (SSSR count). The topological polar surface area (TPSA) is 37.3 Å². The number of hydrogen-bond acceptors (Lipinski definition) is 1. The first kappa shape index (κ1) is 9.50. The number of rotatable bonds is 4. The van der Waals surface area contributed by atoms with Gasteiger partial charge in [0.05, 0.1) is 0 Å². The van der Waals surface area contributed by atoms with Crippen molar-refractivity contribution in [2.45, 2.75) is 26.2 Å². The maximum Gasteiger partial charge on any atom is 0.329 e. The first-order valence-electron chi connectivity index (χ1n) is 3.25. The van der Waals surface area contributed by atoms with Crippen LogP contribution >= 0.6 is 11.6 Å². The Kier molecular flexibility index (Phi) is 5.03. The van der Waals surface area contributed by atoms with E-state index in [1.165, 1.54) is 0 Å². The van der Waals surface area contributed by atoms with Crippen LogP contribution in [0.3, 0.4) is 0 Å². The summed E-state index contributed by atoms with van der Waals surface area (Å²) >= 11 is 5.53. The molecule has 0 aliphatic rings. The highest BCUT2D eigenvalue weighted by molar-refractivity contribution is 6.30. The lowest BCUT2D eigenvalue weighted by molar-refractivity contribution is -0.131. The summed E-state index contributed by atoms with van der Waals surface area (Å²) in [6.45, 7) is 2.03. The van der Waals surface area contributed by atoms with E-state index in [1.807, 2.05) is 6.92 Å². The van der Waals surface area contributed by atoms with Crippen molar-refractivity contribution in [3.05, 3.63) is 11.1 Å². The van der Waals surface area contributed by atoms with Gasteiger partial charge in [-0.25, -0.2) is 4.79 Å². The van der Waals surface area contributed by atoms with Crippen molar-refractivity contribution >= 4 is 17.6 Å². The number of halogens is 1. The van der Waals surface area contributed by atoms with Gasteiger partial charge in [-0.1, -0.05) is 24.9 Å². The largest absolute Gasteiger partial charge is 0.478 e. The Bertz CT molecular complexity index is 141. The number of carboxylic acid groups (broad SMARTS) is 1. The molecule has 0 aliphatic heterocycles. The molecule has 0 saturated carbocycles. The van der Waals surface area contributed by atoms with Crippen LogP contribution in [0.5, 0.6) is 0 Å². The minimum Gasteiger partial charge on any atom is -0.478 e. The Morgan fingerprint density at radius 3 is 2.70 bits per heavy atom. The molecule has 0 heterocycles. The minimum absolute atomic E-state index is 0.425. The number of allylic oxidation sites excluding steroid dienone is 1. The maximum atomic E-state index is 10.0. The lowest BCUT2D eigenvalue weighted by Gasteiger charge is -1.92. The van der Waals surface area contributed by atoms with E-state index in [1.54, 1.807) is 0 Å². The van der Waals surface area contributed by atoms with Crippen molar-refractivity contribution < 1.29 is 9.90 Å². The SMILES string of the molecule is CCCC/C(Cl)=C\C(=O)O. The number of aliphatic carboxylic acids is 1. The molecule has 0 atom stereocenters. The van der Waals surface area contributed by atoms with E-state index in [-0.39, 0.29) is 0 Å². The van der Waals surface area contributed by atoms with E-state index in [0.29, 0.717) is 11.5 Å². The summed E-state index contributed by atoms with van der Waals surface area (Å²) in [6, 6.07) is 0. The first-order chi connectivity index (χ1) is 4.66. The monoisotopic (exact) mass is 162 g/mol. The van der Waals surface area contributed by atoms with Crippen LogP contribution in [0.4, 0.5) is 0 Å². The van der Waals surface area contributed by atoms with Gasteiger partial charge in [-0.2, -0.15) is 0 Å². The Morgan fingerprint density at radius 2 is 2.30 bits per heavy atom. The van der Waals surface area contributed by atoms with E-state index >= 15 is 0 Å². The summed E-state index contributed by atoms with van der Waals surface area (Å²) in [4.78, 5) is 10.0. The average molecular weight is 163 g/mol. The molecule has 0 fully saturated rings. The van der Waals surface area contributed by atoms with Crippen molar-refractivity contribution in [1.82, 2.24) is 0 Å². The molecule has 2 nitrogen and oxygen atoms in total. The maximum absolute atomic E-state index is 10.0. The molecule has 0 radical (unpaired) electrons. The second-order valence-corrected chi connectivity index (χ2v) is 2.52. The highest BCUT2D eigenvalue weighted by atomic mass is 35.5. The van der Waals surface area contributed by atoms with Crippen molar-refractivity contribution in [2.24, 2.45) is 0 Å². The van der Waals surface area contributed by atoms with Crippen LogP contribution in [0.25, 0.3) is 0 Å². The zero-order valence-electron chi connectivity index (χ0n) is 5.93. The molecular weight excluding hydrogens is 152 g/mol. The van der Waals surface area contributed by atoms with Gasteiger partial charge >= 0.3 is 5.97 Å². The molecule has 0 bridgehead atoms. The van der Waals surface area contributed by atoms with Crippen LogP contribution in [0.2, 0.25) is 0 Å². The first-order valence-corrected chi connectivity index (χ1v) is 3.63. The number of carbonyl (C=O) groups is 1.